The first-order chi connectivity index (χ1) is 6.74. The van der Waals surface area contributed by atoms with Crippen molar-refractivity contribution in [1.82, 2.24) is 5.32 Å². The van der Waals surface area contributed by atoms with Gasteiger partial charge in [0.05, 0.1) is 6.34 Å². The summed E-state index contributed by atoms with van der Waals surface area (Å²) in [6.07, 6.45) is 9.58. The number of aliphatic imine (C=N–C) groups is 1. The Bertz CT molecular complexity index is 310. The van der Waals surface area contributed by atoms with Gasteiger partial charge in [0.1, 0.15) is 0 Å². The van der Waals surface area contributed by atoms with Crippen molar-refractivity contribution in [1.29, 1.82) is 5.41 Å². The Labute approximate surface area is 84.4 Å². The van der Waals surface area contributed by atoms with Gasteiger partial charge in [-0.3, -0.25) is 10.4 Å². The molecular weight excluding hydrogens is 174 g/mol. The van der Waals surface area contributed by atoms with Gasteiger partial charge in [-0.1, -0.05) is 24.3 Å². The van der Waals surface area contributed by atoms with Crippen molar-refractivity contribution in [2.24, 2.45) is 10.9 Å². The fourth-order valence-electron chi connectivity index (χ4n) is 1.18. The van der Waals surface area contributed by atoms with Gasteiger partial charge in [-0.2, -0.15) is 0 Å². The second kappa shape index (κ2) is 5.17. The van der Waals surface area contributed by atoms with Crippen molar-refractivity contribution >= 4 is 12.6 Å². The smallest absolute Gasteiger partial charge is 0.0832 e. The zero-order valence-corrected chi connectivity index (χ0v) is 8.33. The lowest BCUT2D eigenvalue weighted by molar-refractivity contribution is 0.955. The molecule has 0 bridgehead atoms. The van der Waals surface area contributed by atoms with Crippen LogP contribution >= 0.6 is 0 Å². The summed E-state index contributed by atoms with van der Waals surface area (Å²) in [6, 6.07) is 0. The molecule has 3 nitrogen and oxygen atoms in total. The largest absolute Gasteiger partial charge is 0.350 e. The third kappa shape index (κ3) is 3.01. The van der Waals surface area contributed by atoms with Crippen LogP contribution in [0.25, 0.3) is 0 Å². The molecule has 0 radical (unpaired) electrons. The predicted molar refractivity (Wildman–Crippen MR) is 60.6 cm³/mol. The van der Waals surface area contributed by atoms with Crippen LogP contribution in [0.4, 0.5) is 0 Å². The van der Waals surface area contributed by atoms with Gasteiger partial charge in [0.15, 0.2) is 0 Å². The van der Waals surface area contributed by atoms with Crippen molar-refractivity contribution in [2.75, 3.05) is 0 Å². The monoisotopic (exact) mass is 189 g/mol. The van der Waals surface area contributed by atoms with E-state index in [1.165, 1.54) is 6.34 Å². The normalized spacial score (nSPS) is 20.6. The van der Waals surface area contributed by atoms with E-state index in [9.17, 15) is 0 Å². The minimum atomic E-state index is 0.155. The molecule has 1 atom stereocenters. The molecule has 3 heteroatoms. The molecule has 1 aliphatic heterocycles. The van der Waals surface area contributed by atoms with E-state index in [-0.39, 0.29) is 5.92 Å². The number of rotatable bonds is 3. The Morgan fingerprint density at radius 3 is 3.21 bits per heavy atom. The van der Waals surface area contributed by atoms with Gasteiger partial charge < -0.3 is 5.32 Å². The van der Waals surface area contributed by atoms with E-state index < -0.39 is 0 Å². The van der Waals surface area contributed by atoms with Gasteiger partial charge in [0.25, 0.3) is 0 Å². The fraction of sp³-hybridized carbons (Fsp3) is 0.273. The lowest BCUT2D eigenvalue weighted by Crippen LogP contribution is -2.13. The molecule has 1 heterocycles. The summed E-state index contributed by atoms with van der Waals surface area (Å²) in [5.41, 5.74) is 2.06. The molecule has 74 valence electrons. The van der Waals surface area contributed by atoms with E-state index in [2.05, 4.69) is 16.9 Å². The van der Waals surface area contributed by atoms with Crippen LogP contribution < -0.4 is 5.32 Å². The highest BCUT2D eigenvalue weighted by Crippen LogP contribution is 2.13. The molecule has 1 rings (SSSR count). The number of hydrogen-bond acceptors (Lipinski definition) is 2. The number of hydrogen-bond donors (Lipinski definition) is 2. The van der Waals surface area contributed by atoms with Crippen LogP contribution in [0.5, 0.6) is 0 Å². The fourth-order valence-corrected chi connectivity index (χ4v) is 1.18. The summed E-state index contributed by atoms with van der Waals surface area (Å²) in [6.45, 7) is 5.87. The first kappa shape index (κ1) is 10.4. The van der Waals surface area contributed by atoms with E-state index in [0.717, 1.165) is 17.7 Å². The molecular formula is C11H15N3. The minimum absolute atomic E-state index is 0.155. The molecule has 1 unspecified atom stereocenters. The molecule has 0 aromatic carbocycles. The molecule has 14 heavy (non-hydrogen) atoms. The molecule has 0 aromatic heterocycles. The summed E-state index contributed by atoms with van der Waals surface area (Å²) in [5.74, 6) is 0.155. The van der Waals surface area contributed by atoms with Gasteiger partial charge in [-0.25, -0.2) is 0 Å². The van der Waals surface area contributed by atoms with Crippen LogP contribution in [0.15, 0.2) is 41.2 Å². The SMILES string of the molecule is C=C(C)C1C=NC=CCC(NC=N)=C1. The number of nitrogens with one attached hydrogen (secondary N) is 2. The predicted octanol–water partition coefficient (Wildman–Crippen LogP) is 2.25. The number of nitrogens with zero attached hydrogens (tertiary/aromatic N) is 1. The Kier molecular flexibility index (Phi) is 3.85. The molecule has 0 saturated heterocycles. The topological polar surface area (TPSA) is 48.2 Å². The first-order valence-electron chi connectivity index (χ1n) is 4.54. The van der Waals surface area contributed by atoms with Crippen molar-refractivity contribution < 1.29 is 0 Å². The molecule has 0 saturated carbocycles. The highest BCUT2D eigenvalue weighted by atomic mass is 14.9. The standard InChI is InChI=1S/C11H15N3/c1-9(2)10-6-11(14-8-12)4-3-5-13-7-10/h3,5-8,10H,1,4H2,2H3,(H2,12,14). The molecule has 2 N–H and O–H groups in total. The zero-order chi connectivity index (χ0) is 10.4. The van der Waals surface area contributed by atoms with E-state index >= 15 is 0 Å². The Hall–Kier alpha value is -1.64. The highest BCUT2D eigenvalue weighted by molar-refractivity contribution is 5.69. The molecule has 0 aliphatic carbocycles. The van der Waals surface area contributed by atoms with Crippen LogP contribution in [0.1, 0.15) is 13.3 Å². The third-order valence-corrected chi connectivity index (χ3v) is 1.98. The van der Waals surface area contributed by atoms with Gasteiger partial charge in [-0.15, -0.1) is 0 Å². The molecule has 0 spiro atoms. The van der Waals surface area contributed by atoms with Crippen LogP contribution in [0, 0.1) is 11.3 Å². The van der Waals surface area contributed by atoms with Crippen molar-refractivity contribution in [3.63, 3.8) is 0 Å². The second-order valence-electron chi connectivity index (χ2n) is 3.24. The quantitative estimate of drug-likeness (QED) is 0.399. The first-order valence-corrected chi connectivity index (χ1v) is 4.54. The lowest BCUT2D eigenvalue weighted by Gasteiger charge is -2.11. The maximum Gasteiger partial charge on any atom is 0.0832 e. The summed E-state index contributed by atoms with van der Waals surface area (Å²) in [5, 5.41) is 9.87. The van der Waals surface area contributed by atoms with Gasteiger partial charge in [-0.05, 0) is 6.92 Å². The van der Waals surface area contributed by atoms with E-state index in [4.69, 9.17) is 5.41 Å². The van der Waals surface area contributed by atoms with Crippen LogP contribution in [0.2, 0.25) is 0 Å². The molecule has 1 aliphatic rings. The highest BCUT2D eigenvalue weighted by Gasteiger charge is 2.05. The van der Waals surface area contributed by atoms with Crippen LogP contribution in [-0.4, -0.2) is 12.6 Å². The average molecular weight is 189 g/mol. The molecule has 0 fully saturated rings. The van der Waals surface area contributed by atoms with Crippen molar-refractivity contribution in [3.05, 3.63) is 36.2 Å². The van der Waals surface area contributed by atoms with E-state index in [0.29, 0.717) is 0 Å². The molecule has 0 aromatic rings. The van der Waals surface area contributed by atoms with Gasteiger partial charge >= 0.3 is 0 Å². The maximum atomic E-state index is 6.98. The summed E-state index contributed by atoms with van der Waals surface area (Å²) in [4.78, 5) is 4.13. The Morgan fingerprint density at radius 1 is 1.79 bits per heavy atom. The van der Waals surface area contributed by atoms with Gasteiger partial charge in [0.2, 0.25) is 0 Å². The average Bonchev–Trinajstić information content (AvgIpc) is 2.08. The second-order valence-corrected chi connectivity index (χ2v) is 3.24. The van der Waals surface area contributed by atoms with E-state index in [1.54, 1.807) is 6.20 Å². The number of allylic oxidation sites excluding steroid dienone is 3. The van der Waals surface area contributed by atoms with E-state index in [1.807, 2.05) is 25.3 Å². The zero-order valence-electron chi connectivity index (χ0n) is 8.33. The van der Waals surface area contributed by atoms with Crippen LogP contribution in [0.3, 0.4) is 0 Å². The Balaban J connectivity index is 2.87. The Morgan fingerprint density at radius 2 is 2.57 bits per heavy atom. The lowest BCUT2D eigenvalue weighted by atomic mass is 10.0. The summed E-state index contributed by atoms with van der Waals surface area (Å²) in [7, 11) is 0. The molecule has 0 amide bonds. The van der Waals surface area contributed by atoms with Crippen molar-refractivity contribution in [2.45, 2.75) is 13.3 Å². The minimum Gasteiger partial charge on any atom is -0.350 e. The van der Waals surface area contributed by atoms with Crippen molar-refractivity contribution in [3.8, 4) is 0 Å². The summed E-state index contributed by atoms with van der Waals surface area (Å²) < 4.78 is 0. The third-order valence-electron chi connectivity index (χ3n) is 1.98. The summed E-state index contributed by atoms with van der Waals surface area (Å²) >= 11 is 0. The maximum absolute atomic E-state index is 6.98. The van der Waals surface area contributed by atoms with Crippen LogP contribution in [-0.2, 0) is 0 Å². The van der Waals surface area contributed by atoms with Gasteiger partial charge in [0, 0.05) is 30.5 Å².